The van der Waals surface area contributed by atoms with Gasteiger partial charge in [-0.15, -0.1) is 0 Å². The van der Waals surface area contributed by atoms with Crippen molar-refractivity contribution < 1.29 is 4.74 Å². The highest BCUT2D eigenvalue weighted by Crippen LogP contribution is 2.33. The van der Waals surface area contributed by atoms with Crippen molar-refractivity contribution in [2.75, 3.05) is 6.61 Å². The van der Waals surface area contributed by atoms with E-state index in [0.717, 1.165) is 12.3 Å². The molecule has 0 heterocycles. The van der Waals surface area contributed by atoms with Crippen molar-refractivity contribution in [2.24, 2.45) is 11.8 Å². The molecule has 0 aromatic carbocycles. The number of ether oxygens (including phenoxy) is 1. The smallest absolute Gasteiger partial charge is 0.0640 e. The Hall–Kier alpha value is -0.120. The summed E-state index contributed by atoms with van der Waals surface area (Å²) >= 11 is 0. The van der Waals surface area contributed by atoms with Crippen LogP contribution in [-0.4, -0.2) is 18.2 Å². The Bertz CT molecular complexity index is 161. The third-order valence-electron chi connectivity index (χ3n) is 2.57. The minimum absolute atomic E-state index is 0.0608. The van der Waals surface area contributed by atoms with Gasteiger partial charge in [-0.1, -0.05) is 12.8 Å². The monoisotopic (exact) mass is 200 g/mol. The van der Waals surface area contributed by atoms with Gasteiger partial charge in [0.2, 0.25) is 0 Å². The highest BCUT2D eigenvalue weighted by atomic mass is 16.5. The van der Waals surface area contributed by atoms with Gasteiger partial charge in [0.25, 0.3) is 0 Å². The van der Waals surface area contributed by atoms with Crippen LogP contribution in [0.15, 0.2) is 0 Å². The van der Waals surface area contributed by atoms with Gasteiger partial charge in [0, 0.05) is 6.04 Å². The predicted octanol–water partition coefficient (Wildman–Crippen LogP) is 1.82. The molecule has 0 radical (unpaired) electrons. The molecule has 1 fully saturated rings. The third kappa shape index (κ3) is 5.58. The van der Waals surface area contributed by atoms with Crippen molar-refractivity contribution in [3.8, 4) is 0 Å². The second kappa shape index (κ2) is 5.10. The molecular weight excluding hydrogens is 176 g/mol. The molecule has 3 heteroatoms. The Morgan fingerprint density at radius 1 is 1.43 bits per heavy atom. The van der Waals surface area contributed by atoms with Gasteiger partial charge in [-0.3, -0.25) is 11.3 Å². The van der Waals surface area contributed by atoms with Crippen LogP contribution in [0.5, 0.6) is 0 Å². The van der Waals surface area contributed by atoms with Crippen molar-refractivity contribution in [3.05, 3.63) is 0 Å². The molecule has 1 atom stereocenters. The standard InChI is InChI=1S/C11H24N2O/c1-11(2,3)14-8-10(13-12)7-6-9-4-5-9/h9-10,13H,4-8,12H2,1-3H3. The van der Waals surface area contributed by atoms with Crippen LogP contribution in [0.1, 0.15) is 46.5 Å². The molecule has 1 saturated carbocycles. The lowest BCUT2D eigenvalue weighted by atomic mass is 10.1. The number of nitrogens with two attached hydrogens (primary N) is 1. The highest BCUT2D eigenvalue weighted by Gasteiger charge is 2.23. The van der Waals surface area contributed by atoms with E-state index in [1.807, 2.05) is 0 Å². The zero-order valence-electron chi connectivity index (χ0n) is 9.68. The molecule has 0 aliphatic heterocycles. The fourth-order valence-corrected chi connectivity index (χ4v) is 1.41. The van der Waals surface area contributed by atoms with E-state index in [0.29, 0.717) is 12.6 Å². The van der Waals surface area contributed by atoms with Crippen molar-refractivity contribution in [3.63, 3.8) is 0 Å². The SMILES string of the molecule is CC(C)(C)OCC(CCC1CC1)NN. The number of hydrazine groups is 1. The lowest BCUT2D eigenvalue weighted by molar-refractivity contribution is -0.0157. The summed E-state index contributed by atoms with van der Waals surface area (Å²) < 4.78 is 5.69. The number of rotatable bonds is 6. The molecule has 1 unspecified atom stereocenters. The minimum Gasteiger partial charge on any atom is -0.374 e. The summed E-state index contributed by atoms with van der Waals surface area (Å²) in [5.74, 6) is 6.45. The van der Waals surface area contributed by atoms with Crippen molar-refractivity contribution in [1.29, 1.82) is 0 Å². The molecule has 14 heavy (non-hydrogen) atoms. The first-order chi connectivity index (χ1) is 6.51. The molecular formula is C11H24N2O. The Morgan fingerprint density at radius 2 is 2.07 bits per heavy atom. The van der Waals surface area contributed by atoms with E-state index in [4.69, 9.17) is 10.6 Å². The Morgan fingerprint density at radius 3 is 2.50 bits per heavy atom. The molecule has 3 N–H and O–H groups in total. The van der Waals surface area contributed by atoms with Gasteiger partial charge < -0.3 is 4.74 Å². The molecule has 1 aliphatic carbocycles. The van der Waals surface area contributed by atoms with Crippen LogP contribution in [0.3, 0.4) is 0 Å². The Kier molecular flexibility index (Phi) is 4.35. The van der Waals surface area contributed by atoms with Gasteiger partial charge >= 0.3 is 0 Å². The average molecular weight is 200 g/mol. The van der Waals surface area contributed by atoms with Gasteiger partial charge in [0.05, 0.1) is 12.2 Å². The number of nitrogens with one attached hydrogen (secondary N) is 1. The largest absolute Gasteiger partial charge is 0.374 e. The average Bonchev–Trinajstić information content (AvgIpc) is 2.86. The molecule has 1 rings (SSSR count). The van der Waals surface area contributed by atoms with E-state index in [9.17, 15) is 0 Å². The highest BCUT2D eigenvalue weighted by molar-refractivity contribution is 4.76. The van der Waals surface area contributed by atoms with Crippen LogP contribution < -0.4 is 11.3 Å². The zero-order valence-corrected chi connectivity index (χ0v) is 9.68. The maximum absolute atomic E-state index is 5.69. The van der Waals surface area contributed by atoms with E-state index in [2.05, 4.69) is 26.2 Å². The van der Waals surface area contributed by atoms with Crippen LogP contribution in [0, 0.1) is 5.92 Å². The Balaban J connectivity index is 2.10. The van der Waals surface area contributed by atoms with E-state index in [-0.39, 0.29) is 5.60 Å². The van der Waals surface area contributed by atoms with Crippen molar-refractivity contribution in [2.45, 2.75) is 58.1 Å². The predicted molar refractivity (Wildman–Crippen MR) is 58.8 cm³/mol. The van der Waals surface area contributed by atoms with E-state index in [1.54, 1.807) is 0 Å². The van der Waals surface area contributed by atoms with Crippen LogP contribution in [-0.2, 0) is 4.74 Å². The van der Waals surface area contributed by atoms with Gasteiger partial charge in [0.15, 0.2) is 0 Å². The van der Waals surface area contributed by atoms with E-state index < -0.39 is 0 Å². The summed E-state index contributed by atoms with van der Waals surface area (Å²) in [6.45, 7) is 6.93. The van der Waals surface area contributed by atoms with Crippen molar-refractivity contribution in [1.82, 2.24) is 5.43 Å². The van der Waals surface area contributed by atoms with Crippen LogP contribution in [0.25, 0.3) is 0 Å². The lowest BCUT2D eigenvalue weighted by Gasteiger charge is -2.24. The zero-order chi connectivity index (χ0) is 10.6. The van der Waals surface area contributed by atoms with Gasteiger partial charge in [-0.25, -0.2) is 0 Å². The molecule has 0 aromatic rings. The summed E-state index contributed by atoms with van der Waals surface area (Å²) in [5.41, 5.74) is 2.77. The molecule has 3 nitrogen and oxygen atoms in total. The molecule has 1 aliphatic rings. The lowest BCUT2D eigenvalue weighted by Crippen LogP contribution is -2.40. The maximum atomic E-state index is 5.69. The number of hydrogen-bond acceptors (Lipinski definition) is 3. The fourth-order valence-electron chi connectivity index (χ4n) is 1.41. The summed E-state index contributed by atoms with van der Waals surface area (Å²) in [6, 6.07) is 0.315. The summed E-state index contributed by atoms with van der Waals surface area (Å²) in [5, 5.41) is 0. The molecule has 0 bridgehead atoms. The van der Waals surface area contributed by atoms with Gasteiger partial charge in [-0.2, -0.15) is 0 Å². The van der Waals surface area contributed by atoms with E-state index >= 15 is 0 Å². The first-order valence-electron chi connectivity index (χ1n) is 5.61. The molecule has 0 saturated heterocycles. The van der Waals surface area contributed by atoms with E-state index in [1.165, 1.54) is 19.3 Å². The molecule has 0 spiro atoms. The summed E-state index contributed by atoms with van der Waals surface area (Å²) in [6.07, 6.45) is 5.26. The summed E-state index contributed by atoms with van der Waals surface area (Å²) in [4.78, 5) is 0. The van der Waals surface area contributed by atoms with Gasteiger partial charge in [-0.05, 0) is 39.5 Å². The summed E-state index contributed by atoms with van der Waals surface area (Å²) in [7, 11) is 0. The molecule has 0 amide bonds. The van der Waals surface area contributed by atoms with Crippen LogP contribution >= 0.6 is 0 Å². The normalized spacial score (nSPS) is 19.7. The quantitative estimate of drug-likeness (QED) is 0.508. The first-order valence-corrected chi connectivity index (χ1v) is 5.61. The number of hydrogen-bond donors (Lipinski definition) is 2. The maximum Gasteiger partial charge on any atom is 0.0640 e. The molecule has 84 valence electrons. The van der Waals surface area contributed by atoms with Crippen LogP contribution in [0.2, 0.25) is 0 Å². The fraction of sp³-hybridized carbons (Fsp3) is 1.00. The minimum atomic E-state index is -0.0608. The van der Waals surface area contributed by atoms with Crippen LogP contribution in [0.4, 0.5) is 0 Å². The second-order valence-corrected chi connectivity index (χ2v) is 5.31. The van der Waals surface area contributed by atoms with Gasteiger partial charge in [0.1, 0.15) is 0 Å². The second-order valence-electron chi connectivity index (χ2n) is 5.31. The molecule has 0 aromatic heterocycles. The first kappa shape index (κ1) is 12.0. The van der Waals surface area contributed by atoms with Crippen molar-refractivity contribution >= 4 is 0 Å². The topological polar surface area (TPSA) is 47.3 Å². The third-order valence-corrected chi connectivity index (χ3v) is 2.57. The Labute approximate surface area is 87.4 Å².